The molecule has 0 saturated carbocycles. The molecule has 1 fully saturated rings. The van der Waals surface area contributed by atoms with Crippen LogP contribution in [0, 0.1) is 0 Å². The number of hydrogen-bond donors (Lipinski definition) is 2. The Labute approximate surface area is 183 Å². The monoisotopic (exact) mass is 424 g/mol. The van der Waals surface area contributed by atoms with Crippen LogP contribution < -0.4 is 15.5 Å². The van der Waals surface area contributed by atoms with Crippen LogP contribution in [-0.2, 0) is 4.79 Å². The predicted octanol–water partition coefficient (Wildman–Crippen LogP) is 3.65. The largest absolute Gasteiger partial charge is 0.368 e. The standard InChI is InChI=1S/C23H28N4O2S/c1-2-3-9-21(28)25-23(30)24-19-10-12-20(13-11-19)26-14-16-27(17-15-26)22(29)18-7-5-4-6-8-18/h4-8,10-13H,2-3,9,14-17H2,1H3,(H2,24,25,28,30). The van der Waals surface area contributed by atoms with Crippen molar-refractivity contribution in [1.29, 1.82) is 0 Å². The van der Waals surface area contributed by atoms with Gasteiger partial charge in [-0.05, 0) is 55.0 Å². The van der Waals surface area contributed by atoms with Crippen molar-refractivity contribution in [1.82, 2.24) is 10.2 Å². The molecule has 0 atom stereocenters. The quantitative estimate of drug-likeness (QED) is 0.693. The average molecular weight is 425 g/mol. The third-order valence-corrected chi connectivity index (χ3v) is 5.29. The van der Waals surface area contributed by atoms with Gasteiger partial charge in [-0.3, -0.25) is 9.59 Å². The van der Waals surface area contributed by atoms with Gasteiger partial charge in [0.2, 0.25) is 5.91 Å². The van der Waals surface area contributed by atoms with Crippen LogP contribution in [0.5, 0.6) is 0 Å². The summed E-state index contributed by atoms with van der Waals surface area (Å²) in [6.07, 6.45) is 2.31. The first kappa shape index (κ1) is 21.8. The van der Waals surface area contributed by atoms with E-state index in [-0.39, 0.29) is 11.8 Å². The van der Waals surface area contributed by atoms with Crippen LogP contribution in [-0.4, -0.2) is 48.0 Å². The van der Waals surface area contributed by atoms with E-state index in [1.54, 1.807) is 0 Å². The first-order valence-corrected chi connectivity index (χ1v) is 10.8. The lowest BCUT2D eigenvalue weighted by atomic mass is 10.1. The highest BCUT2D eigenvalue weighted by Crippen LogP contribution is 2.20. The smallest absolute Gasteiger partial charge is 0.253 e. The molecule has 7 heteroatoms. The molecule has 1 saturated heterocycles. The molecule has 0 aliphatic carbocycles. The summed E-state index contributed by atoms with van der Waals surface area (Å²) in [6, 6.07) is 17.4. The molecule has 0 radical (unpaired) electrons. The van der Waals surface area contributed by atoms with Gasteiger partial charge in [0.25, 0.3) is 5.91 Å². The van der Waals surface area contributed by atoms with Gasteiger partial charge in [0.05, 0.1) is 0 Å². The third-order valence-electron chi connectivity index (χ3n) is 5.09. The van der Waals surface area contributed by atoms with E-state index >= 15 is 0 Å². The van der Waals surface area contributed by atoms with Gasteiger partial charge in [-0.1, -0.05) is 31.5 Å². The van der Waals surface area contributed by atoms with E-state index in [1.165, 1.54) is 0 Å². The average Bonchev–Trinajstić information content (AvgIpc) is 2.78. The molecule has 2 aromatic carbocycles. The minimum absolute atomic E-state index is 0.0612. The Morgan fingerprint density at radius 2 is 1.63 bits per heavy atom. The Bertz CT molecular complexity index is 863. The van der Waals surface area contributed by atoms with E-state index < -0.39 is 0 Å². The van der Waals surface area contributed by atoms with Crippen LogP contribution in [0.25, 0.3) is 0 Å². The van der Waals surface area contributed by atoms with E-state index in [4.69, 9.17) is 12.2 Å². The van der Waals surface area contributed by atoms with Crippen molar-refractivity contribution in [3.05, 3.63) is 60.2 Å². The van der Waals surface area contributed by atoms with Gasteiger partial charge >= 0.3 is 0 Å². The predicted molar refractivity (Wildman–Crippen MR) is 125 cm³/mol. The molecular weight excluding hydrogens is 396 g/mol. The number of nitrogens with zero attached hydrogens (tertiary/aromatic N) is 2. The minimum atomic E-state index is -0.0612. The van der Waals surface area contributed by atoms with Crippen molar-refractivity contribution in [3.63, 3.8) is 0 Å². The molecule has 0 unspecified atom stereocenters. The Morgan fingerprint density at radius 1 is 0.967 bits per heavy atom. The number of carbonyl (C=O) groups excluding carboxylic acids is 2. The second kappa shape index (κ2) is 10.7. The van der Waals surface area contributed by atoms with E-state index in [1.807, 2.05) is 66.4 Å². The lowest BCUT2D eigenvalue weighted by Gasteiger charge is -2.36. The lowest BCUT2D eigenvalue weighted by molar-refractivity contribution is -0.119. The first-order valence-electron chi connectivity index (χ1n) is 10.4. The van der Waals surface area contributed by atoms with Gasteiger partial charge < -0.3 is 20.4 Å². The van der Waals surface area contributed by atoms with E-state index in [0.717, 1.165) is 42.9 Å². The van der Waals surface area contributed by atoms with Crippen LogP contribution in [0.3, 0.4) is 0 Å². The fourth-order valence-corrected chi connectivity index (χ4v) is 3.61. The molecule has 1 heterocycles. The fraction of sp³-hybridized carbons (Fsp3) is 0.348. The maximum atomic E-state index is 12.6. The maximum absolute atomic E-state index is 12.6. The molecule has 2 amide bonds. The van der Waals surface area contributed by atoms with Gasteiger partial charge in [0.1, 0.15) is 0 Å². The SMILES string of the molecule is CCCCC(=O)NC(=S)Nc1ccc(N2CCN(C(=O)c3ccccc3)CC2)cc1. The third kappa shape index (κ3) is 6.03. The molecule has 1 aliphatic heterocycles. The second-order valence-corrected chi connectivity index (χ2v) is 7.71. The molecule has 30 heavy (non-hydrogen) atoms. The number of anilines is 2. The van der Waals surface area contributed by atoms with Gasteiger partial charge in [0.15, 0.2) is 5.11 Å². The van der Waals surface area contributed by atoms with Crippen LogP contribution in [0.1, 0.15) is 36.5 Å². The molecule has 0 bridgehead atoms. The molecule has 158 valence electrons. The van der Waals surface area contributed by atoms with Crippen LogP contribution in [0.4, 0.5) is 11.4 Å². The normalized spacial score (nSPS) is 13.6. The highest BCUT2D eigenvalue weighted by Gasteiger charge is 2.22. The fourth-order valence-electron chi connectivity index (χ4n) is 3.38. The number of benzene rings is 2. The van der Waals surface area contributed by atoms with Crippen molar-refractivity contribution in [2.24, 2.45) is 0 Å². The number of amides is 2. The second-order valence-electron chi connectivity index (χ2n) is 7.30. The van der Waals surface area contributed by atoms with E-state index in [2.05, 4.69) is 15.5 Å². The lowest BCUT2D eigenvalue weighted by Crippen LogP contribution is -2.48. The van der Waals surface area contributed by atoms with Crippen molar-refractivity contribution >= 4 is 40.5 Å². The Hall–Kier alpha value is -2.93. The maximum Gasteiger partial charge on any atom is 0.253 e. The number of rotatable bonds is 6. The van der Waals surface area contributed by atoms with Crippen molar-refractivity contribution in [3.8, 4) is 0 Å². The van der Waals surface area contributed by atoms with Gasteiger partial charge in [-0.25, -0.2) is 0 Å². The van der Waals surface area contributed by atoms with Crippen LogP contribution >= 0.6 is 12.2 Å². The molecular formula is C23H28N4O2S. The molecule has 3 rings (SSSR count). The van der Waals surface area contributed by atoms with Gasteiger partial charge in [0, 0.05) is 49.5 Å². The Balaban J connectivity index is 1.48. The summed E-state index contributed by atoms with van der Waals surface area (Å²) < 4.78 is 0. The van der Waals surface area contributed by atoms with Crippen molar-refractivity contribution in [2.75, 3.05) is 36.4 Å². The van der Waals surface area contributed by atoms with Gasteiger partial charge in [-0.2, -0.15) is 0 Å². The highest BCUT2D eigenvalue weighted by molar-refractivity contribution is 7.80. The number of thiocarbonyl (C=S) groups is 1. The highest BCUT2D eigenvalue weighted by atomic mass is 32.1. The summed E-state index contributed by atoms with van der Waals surface area (Å²) in [4.78, 5) is 28.5. The van der Waals surface area contributed by atoms with Crippen LogP contribution in [0.2, 0.25) is 0 Å². The molecule has 2 aromatic rings. The number of hydrogen-bond acceptors (Lipinski definition) is 4. The van der Waals surface area contributed by atoms with E-state index in [0.29, 0.717) is 24.6 Å². The summed E-state index contributed by atoms with van der Waals surface area (Å²) in [5.41, 5.74) is 2.67. The number of carbonyl (C=O) groups is 2. The Kier molecular flexibility index (Phi) is 7.79. The zero-order valence-electron chi connectivity index (χ0n) is 17.3. The van der Waals surface area contributed by atoms with Crippen LogP contribution in [0.15, 0.2) is 54.6 Å². The number of nitrogens with one attached hydrogen (secondary N) is 2. The minimum Gasteiger partial charge on any atom is -0.368 e. The van der Waals surface area contributed by atoms with Crippen molar-refractivity contribution in [2.45, 2.75) is 26.2 Å². The molecule has 1 aliphatic rings. The molecule has 2 N–H and O–H groups in total. The topological polar surface area (TPSA) is 64.7 Å². The molecule has 0 aromatic heterocycles. The molecule has 6 nitrogen and oxygen atoms in total. The molecule has 0 spiro atoms. The summed E-state index contributed by atoms with van der Waals surface area (Å²) in [6.45, 7) is 5.02. The summed E-state index contributed by atoms with van der Waals surface area (Å²) in [5, 5.41) is 6.07. The number of unbranched alkanes of at least 4 members (excludes halogenated alkanes) is 1. The summed E-state index contributed by atoms with van der Waals surface area (Å²) >= 11 is 5.21. The first-order chi connectivity index (χ1) is 14.6. The summed E-state index contributed by atoms with van der Waals surface area (Å²) in [5.74, 6) is 0.0261. The zero-order valence-corrected chi connectivity index (χ0v) is 18.1. The Morgan fingerprint density at radius 3 is 2.27 bits per heavy atom. The number of piperazine rings is 1. The summed E-state index contributed by atoms with van der Waals surface area (Å²) in [7, 11) is 0. The zero-order chi connectivity index (χ0) is 21.3. The van der Waals surface area contributed by atoms with Crippen molar-refractivity contribution < 1.29 is 9.59 Å². The van der Waals surface area contributed by atoms with Gasteiger partial charge in [-0.15, -0.1) is 0 Å². The van der Waals surface area contributed by atoms with E-state index in [9.17, 15) is 9.59 Å².